The molecule has 0 saturated heterocycles. The van der Waals surface area contributed by atoms with Gasteiger partial charge in [0.1, 0.15) is 6.33 Å². The standard InChI is InChI=1S/C10H12N2O3/c1-2-15-10(14)9(6-13)3-8-4-11-7-12-5-8/h4-7,13H,2-3H2,1H3/b9-6-. The maximum absolute atomic E-state index is 11.3. The third-order valence-electron chi connectivity index (χ3n) is 1.70. The second-order valence-electron chi connectivity index (χ2n) is 2.80. The van der Waals surface area contributed by atoms with Gasteiger partial charge in [0.25, 0.3) is 0 Å². The number of hydrogen-bond acceptors (Lipinski definition) is 5. The van der Waals surface area contributed by atoms with Gasteiger partial charge in [-0.15, -0.1) is 0 Å². The molecule has 0 aliphatic heterocycles. The Labute approximate surface area is 87.4 Å². The number of aliphatic hydroxyl groups excluding tert-OH is 1. The Morgan fingerprint density at radius 3 is 2.73 bits per heavy atom. The van der Waals surface area contributed by atoms with Gasteiger partial charge in [0.05, 0.1) is 18.4 Å². The molecule has 1 heterocycles. The molecule has 0 bridgehead atoms. The SMILES string of the molecule is CCOC(=O)/C(=C\O)Cc1cncnc1. The zero-order chi connectivity index (χ0) is 11.1. The summed E-state index contributed by atoms with van der Waals surface area (Å²) in [5, 5.41) is 8.88. The lowest BCUT2D eigenvalue weighted by Gasteiger charge is -2.04. The van der Waals surface area contributed by atoms with Crippen molar-refractivity contribution in [2.45, 2.75) is 13.3 Å². The molecule has 0 saturated carbocycles. The molecule has 1 aromatic heterocycles. The molecule has 0 aromatic carbocycles. The molecular weight excluding hydrogens is 196 g/mol. The molecule has 5 heteroatoms. The van der Waals surface area contributed by atoms with Crippen molar-refractivity contribution in [2.75, 3.05) is 6.61 Å². The first-order valence-corrected chi connectivity index (χ1v) is 4.52. The van der Waals surface area contributed by atoms with E-state index >= 15 is 0 Å². The van der Waals surface area contributed by atoms with Crippen molar-refractivity contribution in [3.8, 4) is 0 Å². The number of aliphatic hydroxyl groups is 1. The maximum atomic E-state index is 11.3. The summed E-state index contributed by atoms with van der Waals surface area (Å²) in [4.78, 5) is 18.9. The van der Waals surface area contributed by atoms with E-state index in [4.69, 9.17) is 9.84 Å². The number of hydrogen-bond donors (Lipinski definition) is 1. The third-order valence-corrected chi connectivity index (χ3v) is 1.70. The van der Waals surface area contributed by atoms with Crippen LogP contribution in [-0.2, 0) is 16.0 Å². The van der Waals surface area contributed by atoms with Crippen molar-refractivity contribution < 1.29 is 14.6 Å². The lowest BCUT2D eigenvalue weighted by Crippen LogP contribution is -2.10. The zero-order valence-electron chi connectivity index (χ0n) is 8.38. The molecule has 0 unspecified atom stereocenters. The molecule has 0 atom stereocenters. The molecule has 1 rings (SSSR count). The minimum Gasteiger partial charge on any atom is -0.515 e. The Morgan fingerprint density at radius 1 is 1.53 bits per heavy atom. The molecule has 0 spiro atoms. The number of nitrogens with zero attached hydrogens (tertiary/aromatic N) is 2. The zero-order valence-corrected chi connectivity index (χ0v) is 8.38. The van der Waals surface area contributed by atoms with Gasteiger partial charge in [-0.2, -0.15) is 0 Å². The summed E-state index contributed by atoms with van der Waals surface area (Å²) in [6.07, 6.45) is 5.57. The minimum absolute atomic E-state index is 0.187. The van der Waals surface area contributed by atoms with Crippen LogP contribution in [-0.4, -0.2) is 27.7 Å². The van der Waals surface area contributed by atoms with Crippen molar-refractivity contribution in [2.24, 2.45) is 0 Å². The van der Waals surface area contributed by atoms with Crippen LogP contribution in [0.25, 0.3) is 0 Å². The van der Waals surface area contributed by atoms with Crippen LogP contribution in [0.2, 0.25) is 0 Å². The topological polar surface area (TPSA) is 72.3 Å². The van der Waals surface area contributed by atoms with E-state index in [9.17, 15) is 4.79 Å². The van der Waals surface area contributed by atoms with Crippen molar-refractivity contribution in [1.82, 2.24) is 9.97 Å². The number of ether oxygens (including phenoxy) is 1. The third kappa shape index (κ3) is 3.38. The van der Waals surface area contributed by atoms with Crippen molar-refractivity contribution in [3.05, 3.63) is 36.1 Å². The highest BCUT2D eigenvalue weighted by atomic mass is 16.5. The van der Waals surface area contributed by atoms with Crippen LogP contribution in [0, 0.1) is 0 Å². The first-order valence-electron chi connectivity index (χ1n) is 4.52. The summed E-state index contributed by atoms with van der Waals surface area (Å²) >= 11 is 0. The monoisotopic (exact) mass is 208 g/mol. The van der Waals surface area contributed by atoms with E-state index in [0.29, 0.717) is 0 Å². The van der Waals surface area contributed by atoms with Crippen LogP contribution >= 0.6 is 0 Å². The second-order valence-corrected chi connectivity index (χ2v) is 2.80. The molecule has 5 nitrogen and oxygen atoms in total. The van der Waals surface area contributed by atoms with Gasteiger partial charge in [0, 0.05) is 18.8 Å². The van der Waals surface area contributed by atoms with E-state index in [1.807, 2.05) is 0 Å². The maximum Gasteiger partial charge on any atom is 0.337 e. The summed E-state index contributed by atoms with van der Waals surface area (Å²) < 4.78 is 4.76. The lowest BCUT2D eigenvalue weighted by atomic mass is 10.1. The van der Waals surface area contributed by atoms with E-state index in [1.165, 1.54) is 6.33 Å². The van der Waals surface area contributed by atoms with Crippen LogP contribution < -0.4 is 0 Å². The quantitative estimate of drug-likeness (QED) is 0.454. The number of carbonyl (C=O) groups is 1. The Hall–Kier alpha value is -1.91. The van der Waals surface area contributed by atoms with Gasteiger partial charge in [-0.3, -0.25) is 0 Å². The van der Waals surface area contributed by atoms with Gasteiger partial charge in [-0.1, -0.05) is 0 Å². The highest BCUT2D eigenvalue weighted by molar-refractivity contribution is 5.88. The van der Waals surface area contributed by atoms with Crippen molar-refractivity contribution in [1.29, 1.82) is 0 Å². The summed E-state index contributed by atoms with van der Waals surface area (Å²) in [6.45, 7) is 1.99. The number of carbonyl (C=O) groups excluding carboxylic acids is 1. The van der Waals surface area contributed by atoms with Crippen LogP contribution in [0.5, 0.6) is 0 Å². The molecule has 0 radical (unpaired) electrons. The van der Waals surface area contributed by atoms with Gasteiger partial charge in [0.15, 0.2) is 0 Å². The Kier molecular flexibility index (Phi) is 4.28. The fourth-order valence-corrected chi connectivity index (χ4v) is 1.04. The first kappa shape index (κ1) is 11.2. The summed E-state index contributed by atoms with van der Waals surface area (Å²) in [5.74, 6) is -0.524. The molecule has 80 valence electrons. The Bertz CT molecular complexity index is 349. The average molecular weight is 208 g/mol. The molecular formula is C10H12N2O3. The normalized spacial score (nSPS) is 11.1. The van der Waals surface area contributed by atoms with Crippen LogP contribution in [0.4, 0.5) is 0 Å². The molecule has 1 N–H and O–H groups in total. The van der Waals surface area contributed by atoms with E-state index < -0.39 is 5.97 Å². The number of rotatable bonds is 4. The molecule has 0 fully saturated rings. The average Bonchev–Trinajstić information content (AvgIpc) is 2.27. The smallest absolute Gasteiger partial charge is 0.337 e. The number of esters is 1. The fourth-order valence-electron chi connectivity index (χ4n) is 1.04. The summed E-state index contributed by atoms with van der Waals surface area (Å²) in [6, 6.07) is 0. The van der Waals surface area contributed by atoms with Crippen molar-refractivity contribution >= 4 is 5.97 Å². The van der Waals surface area contributed by atoms with Crippen LogP contribution in [0.3, 0.4) is 0 Å². The molecule has 0 aliphatic rings. The predicted molar refractivity (Wildman–Crippen MR) is 53.1 cm³/mol. The van der Waals surface area contributed by atoms with E-state index in [2.05, 4.69) is 9.97 Å². The fraction of sp³-hybridized carbons (Fsp3) is 0.300. The van der Waals surface area contributed by atoms with E-state index in [-0.39, 0.29) is 18.6 Å². The lowest BCUT2D eigenvalue weighted by molar-refractivity contribution is -0.138. The highest BCUT2D eigenvalue weighted by Crippen LogP contribution is 2.06. The molecule has 15 heavy (non-hydrogen) atoms. The summed E-state index contributed by atoms with van der Waals surface area (Å²) in [5.41, 5.74) is 0.928. The summed E-state index contributed by atoms with van der Waals surface area (Å²) in [7, 11) is 0. The van der Waals surface area contributed by atoms with Crippen molar-refractivity contribution in [3.63, 3.8) is 0 Å². The van der Waals surface area contributed by atoms with Gasteiger partial charge in [-0.05, 0) is 12.5 Å². The Morgan fingerprint density at radius 2 is 2.20 bits per heavy atom. The largest absolute Gasteiger partial charge is 0.515 e. The highest BCUT2D eigenvalue weighted by Gasteiger charge is 2.11. The van der Waals surface area contributed by atoms with Crippen LogP contribution in [0.1, 0.15) is 12.5 Å². The second kappa shape index (κ2) is 5.74. The minimum atomic E-state index is -0.524. The first-order chi connectivity index (χ1) is 7.27. The number of aromatic nitrogens is 2. The molecule has 0 aliphatic carbocycles. The van der Waals surface area contributed by atoms with Crippen LogP contribution in [0.15, 0.2) is 30.6 Å². The van der Waals surface area contributed by atoms with E-state index in [0.717, 1.165) is 11.8 Å². The molecule has 0 amide bonds. The molecule has 1 aromatic rings. The van der Waals surface area contributed by atoms with Gasteiger partial charge < -0.3 is 9.84 Å². The van der Waals surface area contributed by atoms with Gasteiger partial charge in [-0.25, -0.2) is 14.8 Å². The van der Waals surface area contributed by atoms with Gasteiger partial charge in [0.2, 0.25) is 0 Å². The predicted octanol–water partition coefficient (Wildman–Crippen LogP) is 1.02. The van der Waals surface area contributed by atoms with E-state index in [1.54, 1.807) is 19.3 Å². The van der Waals surface area contributed by atoms with Gasteiger partial charge >= 0.3 is 5.97 Å². The Balaban J connectivity index is 2.67.